The van der Waals surface area contributed by atoms with Crippen LogP contribution in [0.3, 0.4) is 0 Å². The Balaban J connectivity index is 1.71. The number of amides is 1. The number of likely N-dealkylation sites (tertiary alicyclic amines) is 1. The predicted octanol–water partition coefficient (Wildman–Crippen LogP) is 0.605. The average Bonchev–Trinajstić information content (AvgIpc) is 2.50. The molecule has 2 aliphatic heterocycles. The molecule has 6 nitrogen and oxygen atoms in total. The smallest absolute Gasteiger partial charge is 0.246 e. The first-order chi connectivity index (χ1) is 10.6. The standard InChI is InChI=1S/C16H19N5O/c17-10-13-14(22)19-15(18)20-16(13)6-8-21(9-7-16)11-12-4-2-1-3-5-12/h1-5,13H,6-9,11H2,(H3,18,19,20,22)/t13-/m0/s1. The number of nitrogens with zero attached hydrogens (tertiary/aromatic N) is 3. The molecule has 1 spiro atoms. The average molecular weight is 297 g/mol. The third-order valence-corrected chi connectivity index (χ3v) is 4.49. The van der Waals surface area contributed by atoms with Gasteiger partial charge in [0.15, 0.2) is 11.9 Å². The van der Waals surface area contributed by atoms with Crippen molar-refractivity contribution in [2.75, 3.05) is 13.1 Å². The molecule has 0 aliphatic carbocycles. The summed E-state index contributed by atoms with van der Waals surface area (Å²) in [5.74, 6) is -0.946. The summed E-state index contributed by atoms with van der Waals surface area (Å²) in [6.45, 7) is 2.48. The summed E-state index contributed by atoms with van der Waals surface area (Å²) in [6.07, 6.45) is 1.35. The van der Waals surface area contributed by atoms with E-state index in [1.807, 2.05) is 18.2 Å². The van der Waals surface area contributed by atoms with Gasteiger partial charge in [-0.15, -0.1) is 0 Å². The second-order valence-electron chi connectivity index (χ2n) is 5.91. The van der Waals surface area contributed by atoms with Gasteiger partial charge in [0.25, 0.3) is 0 Å². The van der Waals surface area contributed by atoms with Gasteiger partial charge in [0.05, 0.1) is 11.6 Å². The Hall–Kier alpha value is -2.39. The van der Waals surface area contributed by atoms with Crippen LogP contribution in [0.1, 0.15) is 18.4 Å². The molecule has 1 aromatic rings. The summed E-state index contributed by atoms with van der Waals surface area (Å²) in [5.41, 5.74) is 6.31. The number of benzene rings is 1. The molecule has 3 rings (SSSR count). The van der Waals surface area contributed by atoms with Crippen molar-refractivity contribution in [2.45, 2.75) is 24.9 Å². The van der Waals surface area contributed by atoms with Crippen LogP contribution in [-0.4, -0.2) is 35.4 Å². The number of hydrogen-bond acceptors (Lipinski definition) is 5. The minimum atomic E-state index is -0.751. The van der Waals surface area contributed by atoms with E-state index in [0.29, 0.717) is 12.8 Å². The quantitative estimate of drug-likeness (QED) is 0.836. The molecule has 2 aliphatic rings. The van der Waals surface area contributed by atoms with Crippen LogP contribution in [0.5, 0.6) is 0 Å². The first-order valence-electron chi connectivity index (χ1n) is 7.45. The number of aliphatic imine (C=N–C) groups is 1. The molecule has 6 heteroatoms. The summed E-state index contributed by atoms with van der Waals surface area (Å²) in [5, 5.41) is 11.8. The SMILES string of the molecule is N#C[C@H]1C(=O)NC(N)=NC12CCN(Cc1ccccc1)CC2. The van der Waals surface area contributed by atoms with Gasteiger partial charge in [-0.1, -0.05) is 30.3 Å². The van der Waals surface area contributed by atoms with Gasteiger partial charge < -0.3 is 5.73 Å². The summed E-state index contributed by atoms with van der Waals surface area (Å²) in [7, 11) is 0. The fourth-order valence-corrected chi connectivity index (χ4v) is 3.29. The van der Waals surface area contributed by atoms with Gasteiger partial charge in [-0.2, -0.15) is 5.26 Å². The van der Waals surface area contributed by atoms with Crippen molar-refractivity contribution in [1.29, 1.82) is 5.26 Å². The molecule has 114 valence electrons. The lowest BCUT2D eigenvalue weighted by Gasteiger charge is -2.42. The van der Waals surface area contributed by atoms with E-state index in [-0.39, 0.29) is 11.9 Å². The first kappa shape index (κ1) is 14.5. The molecule has 22 heavy (non-hydrogen) atoms. The molecule has 0 saturated carbocycles. The van der Waals surface area contributed by atoms with E-state index in [2.05, 4.69) is 33.4 Å². The van der Waals surface area contributed by atoms with Crippen LogP contribution in [0.15, 0.2) is 35.3 Å². The number of guanidine groups is 1. The Morgan fingerprint density at radius 1 is 1.36 bits per heavy atom. The van der Waals surface area contributed by atoms with E-state index in [1.54, 1.807) is 0 Å². The van der Waals surface area contributed by atoms with Gasteiger partial charge in [0.2, 0.25) is 5.91 Å². The summed E-state index contributed by atoms with van der Waals surface area (Å²) in [6, 6.07) is 12.4. The van der Waals surface area contributed by atoms with Crippen LogP contribution in [0.4, 0.5) is 0 Å². The Morgan fingerprint density at radius 2 is 2.05 bits per heavy atom. The van der Waals surface area contributed by atoms with Gasteiger partial charge >= 0.3 is 0 Å². The molecule has 0 aromatic heterocycles. The highest BCUT2D eigenvalue weighted by molar-refractivity contribution is 6.01. The molecular weight excluding hydrogens is 278 g/mol. The number of piperidine rings is 1. The number of nitrogens with two attached hydrogens (primary N) is 1. The highest BCUT2D eigenvalue weighted by Gasteiger charge is 2.48. The number of nitrogens with one attached hydrogen (secondary N) is 1. The topological polar surface area (TPSA) is 94.5 Å². The molecule has 1 aromatic carbocycles. The molecular formula is C16H19N5O. The second kappa shape index (κ2) is 5.78. The summed E-state index contributed by atoms with van der Waals surface area (Å²) in [4.78, 5) is 18.7. The van der Waals surface area contributed by atoms with Crippen molar-refractivity contribution >= 4 is 11.9 Å². The van der Waals surface area contributed by atoms with Gasteiger partial charge in [-0.25, -0.2) is 4.99 Å². The van der Waals surface area contributed by atoms with Crippen molar-refractivity contribution in [3.05, 3.63) is 35.9 Å². The molecule has 1 atom stereocenters. The maximum absolute atomic E-state index is 12.0. The molecule has 2 heterocycles. The fourth-order valence-electron chi connectivity index (χ4n) is 3.29. The molecule has 1 amide bonds. The molecule has 0 unspecified atom stereocenters. The van der Waals surface area contributed by atoms with Crippen LogP contribution >= 0.6 is 0 Å². The minimum Gasteiger partial charge on any atom is -0.370 e. The van der Waals surface area contributed by atoms with Gasteiger partial charge in [-0.3, -0.25) is 15.0 Å². The molecule has 3 N–H and O–H groups in total. The Morgan fingerprint density at radius 3 is 2.68 bits per heavy atom. The number of hydrogen-bond donors (Lipinski definition) is 2. The lowest BCUT2D eigenvalue weighted by molar-refractivity contribution is -0.125. The maximum Gasteiger partial charge on any atom is 0.246 e. The van der Waals surface area contributed by atoms with E-state index in [4.69, 9.17) is 5.73 Å². The van der Waals surface area contributed by atoms with Gasteiger partial charge in [-0.05, 0) is 18.4 Å². The van der Waals surface area contributed by atoms with Crippen LogP contribution in [0, 0.1) is 17.2 Å². The molecule has 1 saturated heterocycles. The van der Waals surface area contributed by atoms with Crippen molar-refractivity contribution in [2.24, 2.45) is 16.6 Å². The number of carbonyl (C=O) groups is 1. The van der Waals surface area contributed by atoms with Crippen LogP contribution < -0.4 is 11.1 Å². The number of rotatable bonds is 2. The lowest BCUT2D eigenvalue weighted by Crippen LogP contribution is -2.58. The lowest BCUT2D eigenvalue weighted by atomic mass is 9.76. The van der Waals surface area contributed by atoms with Crippen LogP contribution in [-0.2, 0) is 11.3 Å². The van der Waals surface area contributed by atoms with Gasteiger partial charge in [0.1, 0.15) is 0 Å². The van der Waals surface area contributed by atoms with Crippen molar-refractivity contribution in [3.8, 4) is 6.07 Å². The summed E-state index contributed by atoms with van der Waals surface area (Å²) < 4.78 is 0. The monoisotopic (exact) mass is 297 g/mol. The Kier molecular flexibility index (Phi) is 3.82. The summed E-state index contributed by atoms with van der Waals surface area (Å²) >= 11 is 0. The van der Waals surface area contributed by atoms with Gasteiger partial charge in [0, 0.05) is 19.6 Å². The molecule has 1 fully saturated rings. The highest BCUT2D eigenvalue weighted by atomic mass is 16.2. The Bertz CT molecular complexity index is 626. The zero-order valence-corrected chi connectivity index (χ0v) is 12.3. The molecule has 0 bridgehead atoms. The van der Waals surface area contributed by atoms with Crippen molar-refractivity contribution in [3.63, 3.8) is 0 Å². The van der Waals surface area contributed by atoms with Crippen molar-refractivity contribution < 1.29 is 4.79 Å². The predicted molar refractivity (Wildman–Crippen MR) is 82.6 cm³/mol. The Labute approximate surface area is 129 Å². The fraction of sp³-hybridized carbons (Fsp3) is 0.438. The number of carbonyl (C=O) groups excluding carboxylic acids is 1. The highest BCUT2D eigenvalue weighted by Crippen LogP contribution is 2.36. The van der Waals surface area contributed by atoms with E-state index < -0.39 is 11.5 Å². The minimum absolute atomic E-state index is 0.132. The van der Waals surface area contributed by atoms with Crippen molar-refractivity contribution in [1.82, 2.24) is 10.2 Å². The van der Waals surface area contributed by atoms with E-state index in [9.17, 15) is 10.1 Å². The zero-order chi connectivity index (χ0) is 15.6. The van der Waals surface area contributed by atoms with E-state index >= 15 is 0 Å². The van der Waals surface area contributed by atoms with Crippen LogP contribution in [0.2, 0.25) is 0 Å². The third-order valence-electron chi connectivity index (χ3n) is 4.49. The zero-order valence-electron chi connectivity index (χ0n) is 12.3. The maximum atomic E-state index is 12.0. The first-order valence-corrected chi connectivity index (χ1v) is 7.45. The normalized spacial score (nSPS) is 24.4. The second-order valence-corrected chi connectivity index (χ2v) is 5.91. The van der Waals surface area contributed by atoms with Crippen LogP contribution in [0.25, 0.3) is 0 Å². The number of nitriles is 1. The third kappa shape index (κ3) is 2.68. The van der Waals surface area contributed by atoms with E-state index in [1.165, 1.54) is 5.56 Å². The molecule has 0 radical (unpaired) electrons. The van der Waals surface area contributed by atoms with E-state index in [0.717, 1.165) is 19.6 Å². The largest absolute Gasteiger partial charge is 0.370 e.